The van der Waals surface area contributed by atoms with Crippen molar-refractivity contribution >= 4 is 17.4 Å². The number of nitrogens with zero attached hydrogens (tertiary/aromatic N) is 1. The zero-order chi connectivity index (χ0) is 18.2. The summed E-state index contributed by atoms with van der Waals surface area (Å²) in [5.74, 6) is -1.49. The number of hydrogen-bond acceptors (Lipinski definition) is 5. The predicted octanol–water partition coefficient (Wildman–Crippen LogP) is 3.24. The van der Waals surface area contributed by atoms with E-state index in [1.54, 1.807) is 24.3 Å². The third-order valence-corrected chi connectivity index (χ3v) is 4.17. The Labute approximate surface area is 147 Å². The largest absolute Gasteiger partial charge is 0.493 e. The highest BCUT2D eigenvalue weighted by Gasteiger charge is 2.25. The maximum atomic E-state index is 12.3. The molecule has 1 aliphatic rings. The average Bonchev–Trinajstić information content (AvgIpc) is 2.63. The quantitative estimate of drug-likeness (QED) is 0.633. The average molecular weight is 342 g/mol. The fraction of sp³-hybridized carbons (Fsp3) is 0.421. The van der Waals surface area contributed by atoms with Crippen LogP contribution in [0, 0.1) is 17.2 Å². The summed E-state index contributed by atoms with van der Waals surface area (Å²) in [6.07, 6.45) is 6.46. The number of carbonyl (C=O) groups is 2. The highest BCUT2D eigenvalue weighted by Crippen LogP contribution is 2.30. The van der Waals surface area contributed by atoms with E-state index in [-0.39, 0.29) is 0 Å². The van der Waals surface area contributed by atoms with Crippen molar-refractivity contribution in [2.75, 3.05) is 19.5 Å². The second-order valence-corrected chi connectivity index (χ2v) is 5.89. The molecule has 0 spiro atoms. The number of benzene rings is 1. The molecule has 6 nitrogen and oxygen atoms in total. The van der Waals surface area contributed by atoms with E-state index in [9.17, 15) is 14.9 Å². The monoisotopic (exact) mass is 342 g/mol. The number of allylic oxidation sites excluding steroid dienone is 2. The molecular formula is C19H22N2O4. The lowest BCUT2D eigenvalue weighted by atomic mass is 9.92. The van der Waals surface area contributed by atoms with Gasteiger partial charge in [0.1, 0.15) is 0 Å². The van der Waals surface area contributed by atoms with E-state index < -0.39 is 17.6 Å². The van der Waals surface area contributed by atoms with Crippen LogP contribution in [0.25, 0.3) is 0 Å². The zero-order valence-electron chi connectivity index (χ0n) is 14.5. The molecule has 1 atom stereocenters. The molecule has 0 aliphatic heterocycles. The van der Waals surface area contributed by atoms with Gasteiger partial charge in [0.25, 0.3) is 0 Å². The molecule has 132 valence electrons. The minimum Gasteiger partial charge on any atom is -0.493 e. The second-order valence-electron chi connectivity index (χ2n) is 5.89. The van der Waals surface area contributed by atoms with Gasteiger partial charge in [-0.15, -0.1) is 0 Å². The molecule has 1 aromatic carbocycles. The summed E-state index contributed by atoms with van der Waals surface area (Å²) in [6.45, 7) is 0. The highest BCUT2D eigenvalue weighted by molar-refractivity contribution is 6.13. The lowest BCUT2D eigenvalue weighted by Crippen LogP contribution is -2.27. The van der Waals surface area contributed by atoms with Gasteiger partial charge in [-0.1, -0.05) is 12.0 Å². The first-order valence-corrected chi connectivity index (χ1v) is 8.25. The number of carbonyl (C=O) groups excluding carboxylic acids is 2. The van der Waals surface area contributed by atoms with Gasteiger partial charge < -0.3 is 14.8 Å². The van der Waals surface area contributed by atoms with Gasteiger partial charge in [-0.25, -0.2) is 0 Å². The van der Waals surface area contributed by atoms with Crippen molar-refractivity contribution in [3.63, 3.8) is 0 Å². The number of amides is 1. The molecule has 6 heteroatoms. The van der Waals surface area contributed by atoms with E-state index in [0.717, 1.165) is 37.7 Å². The van der Waals surface area contributed by atoms with E-state index in [4.69, 9.17) is 9.47 Å². The number of nitrogens with one attached hydrogen (secondary N) is 1. The van der Waals surface area contributed by atoms with Crippen LogP contribution in [0.5, 0.6) is 11.5 Å². The van der Waals surface area contributed by atoms with Gasteiger partial charge in [-0.2, -0.15) is 5.26 Å². The van der Waals surface area contributed by atoms with Crippen LogP contribution in [-0.4, -0.2) is 25.9 Å². The molecule has 2 rings (SSSR count). The lowest BCUT2D eigenvalue weighted by Gasteiger charge is -2.14. The van der Waals surface area contributed by atoms with Crippen molar-refractivity contribution in [3.05, 3.63) is 29.8 Å². The maximum Gasteiger partial charge on any atom is 0.249 e. The third-order valence-electron chi connectivity index (χ3n) is 4.17. The van der Waals surface area contributed by atoms with Gasteiger partial charge in [0.15, 0.2) is 23.2 Å². The molecule has 1 saturated carbocycles. The summed E-state index contributed by atoms with van der Waals surface area (Å²) >= 11 is 0. The summed E-state index contributed by atoms with van der Waals surface area (Å²) in [7, 11) is 3.00. The Kier molecular flexibility index (Phi) is 6.58. The Bertz CT molecular complexity index is 711. The van der Waals surface area contributed by atoms with Gasteiger partial charge in [0, 0.05) is 11.8 Å². The fourth-order valence-electron chi connectivity index (χ4n) is 2.81. The van der Waals surface area contributed by atoms with E-state index >= 15 is 0 Å². The SMILES string of the molecule is COc1ccc(NC(=O)[C@H](C#N)C(=O)C=C2CCCCC2)cc1OC. The van der Waals surface area contributed by atoms with E-state index in [1.807, 2.05) is 0 Å². The Morgan fingerprint density at radius 1 is 1.16 bits per heavy atom. The minimum atomic E-state index is -1.36. The maximum absolute atomic E-state index is 12.3. The first-order valence-electron chi connectivity index (χ1n) is 8.25. The smallest absolute Gasteiger partial charge is 0.249 e. The van der Waals surface area contributed by atoms with Gasteiger partial charge in [-0.05, 0) is 43.9 Å². The summed E-state index contributed by atoms with van der Waals surface area (Å²) in [5, 5.41) is 11.8. The van der Waals surface area contributed by atoms with Gasteiger partial charge in [0.2, 0.25) is 5.91 Å². The molecule has 1 N–H and O–H groups in total. The Morgan fingerprint density at radius 2 is 1.84 bits per heavy atom. The summed E-state index contributed by atoms with van der Waals surface area (Å²) in [6, 6.07) is 6.64. The number of anilines is 1. The molecule has 1 amide bonds. The number of nitriles is 1. The topological polar surface area (TPSA) is 88.4 Å². The molecule has 0 aromatic heterocycles. The molecule has 0 radical (unpaired) electrons. The van der Waals surface area contributed by atoms with Crippen LogP contribution in [0.4, 0.5) is 5.69 Å². The fourth-order valence-corrected chi connectivity index (χ4v) is 2.81. The van der Waals surface area contributed by atoms with Crippen LogP contribution in [0.1, 0.15) is 32.1 Å². The number of methoxy groups -OCH3 is 2. The summed E-state index contributed by atoms with van der Waals surface area (Å²) in [5.41, 5.74) is 1.46. The number of rotatable bonds is 6. The lowest BCUT2D eigenvalue weighted by molar-refractivity contribution is -0.126. The van der Waals surface area contributed by atoms with Crippen molar-refractivity contribution in [2.24, 2.45) is 5.92 Å². The molecular weight excluding hydrogens is 320 g/mol. The predicted molar refractivity (Wildman–Crippen MR) is 93.5 cm³/mol. The van der Waals surface area contributed by atoms with E-state index in [1.165, 1.54) is 20.3 Å². The van der Waals surface area contributed by atoms with Gasteiger partial charge >= 0.3 is 0 Å². The Morgan fingerprint density at radius 3 is 2.44 bits per heavy atom. The molecule has 0 bridgehead atoms. The van der Waals surface area contributed by atoms with E-state index in [0.29, 0.717) is 17.2 Å². The van der Waals surface area contributed by atoms with Crippen molar-refractivity contribution in [3.8, 4) is 17.6 Å². The molecule has 1 fully saturated rings. The normalized spacial score (nSPS) is 14.8. The molecule has 1 aromatic rings. The molecule has 25 heavy (non-hydrogen) atoms. The number of ether oxygens (including phenoxy) is 2. The van der Waals surface area contributed by atoms with Crippen LogP contribution in [0.3, 0.4) is 0 Å². The van der Waals surface area contributed by atoms with Crippen LogP contribution >= 0.6 is 0 Å². The molecule has 0 saturated heterocycles. The standard InChI is InChI=1S/C19H22N2O4/c1-24-17-9-8-14(11-18(17)25-2)21-19(23)15(12-20)16(22)10-13-6-4-3-5-7-13/h8-11,15H,3-7H2,1-2H3,(H,21,23)/t15-/m1/s1. The second kappa shape index (κ2) is 8.88. The first kappa shape index (κ1) is 18.5. The minimum absolute atomic E-state index is 0.431. The Hall–Kier alpha value is -2.81. The van der Waals surface area contributed by atoms with E-state index in [2.05, 4.69) is 5.32 Å². The van der Waals surface area contributed by atoms with Crippen molar-refractivity contribution < 1.29 is 19.1 Å². The molecule has 0 unspecified atom stereocenters. The van der Waals surface area contributed by atoms with Crippen LogP contribution in [0.2, 0.25) is 0 Å². The summed E-state index contributed by atoms with van der Waals surface area (Å²) < 4.78 is 10.3. The first-order chi connectivity index (χ1) is 12.1. The number of hydrogen-bond donors (Lipinski definition) is 1. The van der Waals surface area contributed by atoms with Gasteiger partial charge in [0.05, 0.1) is 20.3 Å². The van der Waals surface area contributed by atoms with Crippen LogP contribution in [-0.2, 0) is 9.59 Å². The Balaban J connectivity index is 2.09. The molecule has 0 heterocycles. The van der Waals surface area contributed by atoms with Crippen LogP contribution in [0.15, 0.2) is 29.8 Å². The summed E-state index contributed by atoms with van der Waals surface area (Å²) in [4.78, 5) is 24.6. The van der Waals surface area contributed by atoms with Crippen molar-refractivity contribution in [1.82, 2.24) is 0 Å². The van der Waals surface area contributed by atoms with Gasteiger partial charge in [-0.3, -0.25) is 9.59 Å². The number of ketones is 1. The third kappa shape index (κ3) is 4.83. The zero-order valence-corrected chi connectivity index (χ0v) is 14.5. The van der Waals surface area contributed by atoms with Crippen molar-refractivity contribution in [2.45, 2.75) is 32.1 Å². The van der Waals surface area contributed by atoms with Crippen molar-refractivity contribution in [1.29, 1.82) is 5.26 Å². The molecule has 1 aliphatic carbocycles. The highest BCUT2D eigenvalue weighted by atomic mass is 16.5. The van der Waals surface area contributed by atoms with Crippen LogP contribution < -0.4 is 14.8 Å².